The summed E-state index contributed by atoms with van der Waals surface area (Å²) < 4.78 is 5.94. The number of aliphatic hydroxyl groups is 1. The Morgan fingerprint density at radius 1 is 1.08 bits per heavy atom. The van der Waals surface area contributed by atoms with E-state index in [1.54, 1.807) is 78.7 Å². The first-order valence-electron chi connectivity index (χ1n) is 12.2. The van der Waals surface area contributed by atoms with Crippen molar-refractivity contribution in [3.05, 3.63) is 81.3 Å². The van der Waals surface area contributed by atoms with Crippen molar-refractivity contribution < 1.29 is 24.2 Å². The average Bonchev–Trinajstić information content (AvgIpc) is 3.43. The highest BCUT2D eigenvalue weighted by Gasteiger charge is 2.37. The first-order valence-corrected chi connectivity index (χ1v) is 13.4. The molecular weight excluding hydrogens is 528 g/mol. The largest absolute Gasteiger partial charge is 0.476 e. The van der Waals surface area contributed by atoms with Crippen molar-refractivity contribution in [2.75, 3.05) is 13.1 Å². The van der Waals surface area contributed by atoms with E-state index in [4.69, 9.17) is 16.3 Å². The van der Waals surface area contributed by atoms with Crippen molar-refractivity contribution in [1.82, 2.24) is 20.7 Å². The molecular formula is C27H29ClN4O5S. The molecule has 0 spiro atoms. The third-order valence-electron chi connectivity index (χ3n) is 6.27. The molecule has 0 radical (unpaired) electrons. The Bertz CT molecular complexity index is 1290. The number of amides is 3. The van der Waals surface area contributed by atoms with Crippen LogP contribution in [0.2, 0.25) is 5.02 Å². The second-order valence-corrected chi connectivity index (χ2v) is 10.7. The zero-order valence-electron chi connectivity index (χ0n) is 21.0. The number of carbonyl (C=O) groups is 3. The lowest BCUT2D eigenvalue weighted by molar-refractivity contribution is -0.146. The summed E-state index contributed by atoms with van der Waals surface area (Å²) in [4.78, 5) is 44.1. The smallest absolute Gasteiger partial charge is 0.289 e. The number of nitrogens with zero attached hydrogens (tertiary/aromatic N) is 2. The third kappa shape index (κ3) is 6.50. The van der Waals surface area contributed by atoms with Gasteiger partial charge in [-0.25, -0.2) is 4.98 Å². The highest BCUT2D eigenvalue weighted by molar-refractivity contribution is 7.09. The molecule has 38 heavy (non-hydrogen) atoms. The molecule has 1 fully saturated rings. The third-order valence-corrected chi connectivity index (χ3v) is 7.59. The van der Waals surface area contributed by atoms with E-state index in [9.17, 15) is 19.5 Å². The fraction of sp³-hybridized carbons (Fsp3) is 0.333. The predicted octanol–water partition coefficient (Wildman–Crippen LogP) is 3.85. The average molecular weight is 557 g/mol. The van der Waals surface area contributed by atoms with Gasteiger partial charge >= 0.3 is 0 Å². The molecule has 9 nitrogen and oxygen atoms in total. The number of benzene rings is 2. The van der Waals surface area contributed by atoms with Crippen molar-refractivity contribution >= 4 is 40.7 Å². The van der Waals surface area contributed by atoms with E-state index in [1.165, 1.54) is 11.3 Å². The summed E-state index contributed by atoms with van der Waals surface area (Å²) in [6.45, 7) is 4.53. The fourth-order valence-corrected chi connectivity index (χ4v) is 5.32. The normalized spacial score (nSPS) is 15.0. The van der Waals surface area contributed by atoms with E-state index < -0.39 is 23.5 Å². The second-order valence-electron chi connectivity index (χ2n) is 9.44. The Morgan fingerprint density at radius 2 is 1.74 bits per heavy atom. The number of aliphatic hydroxyl groups excluding tert-OH is 1. The van der Waals surface area contributed by atoms with Gasteiger partial charge in [-0.1, -0.05) is 54.1 Å². The summed E-state index contributed by atoms with van der Waals surface area (Å²) in [5.41, 5.74) is 4.04. The minimum absolute atomic E-state index is 0.104. The monoisotopic (exact) mass is 556 g/mol. The second kappa shape index (κ2) is 11.9. The summed E-state index contributed by atoms with van der Waals surface area (Å²) in [5, 5.41) is 13.0. The van der Waals surface area contributed by atoms with Crippen LogP contribution in [0.4, 0.5) is 0 Å². The number of rotatable bonds is 7. The molecule has 0 saturated carbocycles. The van der Waals surface area contributed by atoms with Crippen LogP contribution in [0.3, 0.4) is 0 Å². The number of para-hydroxylation sites is 1. The lowest BCUT2D eigenvalue weighted by atomic mass is 9.96. The predicted molar refractivity (Wildman–Crippen MR) is 144 cm³/mol. The Hall–Kier alpha value is -3.47. The van der Waals surface area contributed by atoms with E-state index in [-0.39, 0.29) is 17.5 Å². The van der Waals surface area contributed by atoms with Gasteiger partial charge in [-0.05, 0) is 44.4 Å². The fourth-order valence-electron chi connectivity index (χ4n) is 4.17. The number of thiazole rings is 1. The SMILES string of the molecule is CC(C)(Oc1ccccc1Cl)C(=O)N1CCC(c2nc(C(=O)NNC(=O)C(O)c3ccccc3)cs2)CC1. The maximum atomic E-state index is 13.2. The molecule has 3 aromatic rings. The molecule has 1 aliphatic rings. The van der Waals surface area contributed by atoms with Gasteiger partial charge in [-0.15, -0.1) is 11.3 Å². The number of hydrogen-bond acceptors (Lipinski definition) is 7. The standard InChI is InChI=1S/C27H29ClN4O5S/c1-27(2,37-21-11-7-6-10-19(21)28)26(36)32-14-12-18(13-15-32)25-29-20(16-38-25)23(34)30-31-24(35)22(33)17-8-4-3-5-9-17/h3-11,16,18,22,33H,12-15H2,1-2H3,(H,30,34)(H,31,35). The van der Waals surface area contributed by atoms with E-state index >= 15 is 0 Å². The maximum Gasteiger partial charge on any atom is 0.289 e. The van der Waals surface area contributed by atoms with Crippen LogP contribution >= 0.6 is 22.9 Å². The van der Waals surface area contributed by atoms with Gasteiger partial charge in [0.25, 0.3) is 17.7 Å². The molecule has 200 valence electrons. The summed E-state index contributed by atoms with van der Waals surface area (Å²) in [6, 6.07) is 15.5. The number of hydrazine groups is 1. The van der Waals surface area contributed by atoms with E-state index in [2.05, 4.69) is 15.8 Å². The molecule has 1 aliphatic heterocycles. The summed E-state index contributed by atoms with van der Waals surface area (Å²) in [7, 11) is 0. The molecule has 1 atom stereocenters. The van der Waals surface area contributed by atoms with E-state index in [0.29, 0.717) is 42.3 Å². The lowest BCUT2D eigenvalue weighted by Crippen LogP contribution is -2.51. The highest BCUT2D eigenvalue weighted by atomic mass is 35.5. The topological polar surface area (TPSA) is 121 Å². The van der Waals surface area contributed by atoms with Crippen molar-refractivity contribution in [1.29, 1.82) is 0 Å². The van der Waals surface area contributed by atoms with E-state index in [0.717, 1.165) is 5.01 Å². The first kappa shape index (κ1) is 27.6. The van der Waals surface area contributed by atoms with Crippen LogP contribution in [0, 0.1) is 0 Å². The number of hydrogen-bond donors (Lipinski definition) is 3. The molecule has 3 N–H and O–H groups in total. The lowest BCUT2D eigenvalue weighted by Gasteiger charge is -2.36. The van der Waals surface area contributed by atoms with Gasteiger partial charge in [0.2, 0.25) is 0 Å². The zero-order valence-corrected chi connectivity index (χ0v) is 22.6. The quantitative estimate of drug-likeness (QED) is 0.380. The van der Waals surface area contributed by atoms with Crippen molar-refractivity contribution in [3.8, 4) is 5.75 Å². The minimum Gasteiger partial charge on any atom is -0.476 e. The molecule has 1 aromatic heterocycles. The Morgan fingerprint density at radius 3 is 2.42 bits per heavy atom. The molecule has 3 amide bonds. The molecule has 1 saturated heterocycles. The number of halogens is 1. The molecule has 1 unspecified atom stereocenters. The highest BCUT2D eigenvalue weighted by Crippen LogP contribution is 2.33. The number of ether oxygens (including phenoxy) is 1. The zero-order chi connectivity index (χ0) is 27.3. The van der Waals surface area contributed by atoms with Crippen molar-refractivity contribution in [3.63, 3.8) is 0 Å². The van der Waals surface area contributed by atoms with Gasteiger partial charge < -0.3 is 14.7 Å². The Balaban J connectivity index is 1.28. The van der Waals surface area contributed by atoms with Gasteiger partial charge in [0.15, 0.2) is 11.7 Å². The van der Waals surface area contributed by atoms with Crippen molar-refractivity contribution in [2.24, 2.45) is 0 Å². The van der Waals surface area contributed by atoms with Crippen LogP contribution in [0.25, 0.3) is 0 Å². The van der Waals surface area contributed by atoms with Crippen LogP contribution in [0.1, 0.15) is 59.8 Å². The van der Waals surface area contributed by atoms with E-state index in [1.807, 2.05) is 0 Å². The number of piperidine rings is 1. The maximum absolute atomic E-state index is 13.2. The minimum atomic E-state index is -1.41. The summed E-state index contributed by atoms with van der Waals surface area (Å²) >= 11 is 7.55. The first-order chi connectivity index (χ1) is 18.2. The summed E-state index contributed by atoms with van der Waals surface area (Å²) in [5.74, 6) is -0.886. The number of likely N-dealkylation sites (tertiary alicyclic amines) is 1. The van der Waals surface area contributed by atoms with Gasteiger partial charge in [0.1, 0.15) is 11.4 Å². The van der Waals surface area contributed by atoms with Crippen LogP contribution < -0.4 is 15.6 Å². The number of nitrogens with one attached hydrogen (secondary N) is 2. The summed E-state index contributed by atoms with van der Waals surface area (Å²) in [6.07, 6.45) is -0.0132. The Kier molecular flexibility index (Phi) is 8.65. The molecule has 2 aromatic carbocycles. The van der Waals surface area contributed by atoms with Crippen LogP contribution in [-0.2, 0) is 9.59 Å². The van der Waals surface area contributed by atoms with Gasteiger partial charge in [0, 0.05) is 24.4 Å². The Labute approximate surface area is 229 Å². The molecule has 11 heteroatoms. The molecule has 4 rings (SSSR count). The van der Waals surface area contributed by atoms with Crippen LogP contribution in [-0.4, -0.2) is 51.4 Å². The molecule has 0 aliphatic carbocycles. The number of carbonyl (C=O) groups excluding carboxylic acids is 3. The van der Waals surface area contributed by atoms with Crippen LogP contribution in [0.5, 0.6) is 5.75 Å². The van der Waals surface area contributed by atoms with Gasteiger partial charge in [0.05, 0.1) is 10.0 Å². The van der Waals surface area contributed by atoms with Gasteiger partial charge in [-0.2, -0.15) is 0 Å². The molecule has 2 heterocycles. The number of aromatic nitrogens is 1. The van der Waals surface area contributed by atoms with Gasteiger partial charge in [-0.3, -0.25) is 25.2 Å². The van der Waals surface area contributed by atoms with Crippen molar-refractivity contribution in [2.45, 2.75) is 44.3 Å². The molecule has 0 bridgehead atoms. The van der Waals surface area contributed by atoms with Crippen LogP contribution in [0.15, 0.2) is 60.0 Å².